The molecule has 1 aliphatic carbocycles. The van der Waals surface area contributed by atoms with E-state index in [1.165, 1.54) is 12.8 Å². The molecule has 1 aliphatic heterocycles. The van der Waals surface area contributed by atoms with Gasteiger partial charge in [0, 0.05) is 52.1 Å². The normalized spacial score (nSPS) is 19.6. The van der Waals surface area contributed by atoms with Crippen molar-refractivity contribution in [2.24, 2.45) is 10.9 Å². The summed E-state index contributed by atoms with van der Waals surface area (Å²) in [4.78, 5) is 10.1. The van der Waals surface area contributed by atoms with Crippen LogP contribution in [0.2, 0.25) is 5.02 Å². The van der Waals surface area contributed by atoms with Gasteiger partial charge in [0.2, 0.25) is 0 Å². The fourth-order valence-electron chi connectivity index (χ4n) is 3.19. The zero-order chi connectivity index (χ0) is 20.9. The molecule has 0 amide bonds. The third-order valence-electron chi connectivity index (χ3n) is 5.01. The minimum Gasteiger partial charge on any atom is -0.381 e. The number of halogens is 5. The molecule has 2 N–H and O–H groups in total. The van der Waals surface area contributed by atoms with Gasteiger partial charge in [-0.3, -0.25) is 4.99 Å². The first-order chi connectivity index (χ1) is 13.9. The Labute approximate surface area is 197 Å². The van der Waals surface area contributed by atoms with Crippen molar-refractivity contribution in [3.05, 3.63) is 22.8 Å². The van der Waals surface area contributed by atoms with Crippen molar-refractivity contribution in [2.45, 2.75) is 37.9 Å². The fourth-order valence-corrected chi connectivity index (χ4v) is 3.48. The lowest BCUT2D eigenvalue weighted by molar-refractivity contribution is -0.137. The van der Waals surface area contributed by atoms with Crippen LogP contribution >= 0.6 is 35.6 Å². The predicted molar refractivity (Wildman–Crippen MR) is 123 cm³/mol. The Balaban J connectivity index is 0.00000320. The quantitative estimate of drug-likeness (QED) is 0.218. The van der Waals surface area contributed by atoms with Crippen LogP contribution in [0, 0.1) is 5.92 Å². The number of pyridine rings is 1. The average molecular weight is 562 g/mol. The number of guanidine groups is 1. The van der Waals surface area contributed by atoms with Gasteiger partial charge >= 0.3 is 6.18 Å². The van der Waals surface area contributed by atoms with Gasteiger partial charge in [0.25, 0.3) is 0 Å². The van der Waals surface area contributed by atoms with E-state index in [1.807, 2.05) is 4.90 Å². The molecule has 2 aliphatic rings. The number of aliphatic imine (C=N–C) groups is 1. The van der Waals surface area contributed by atoms with Gasteiger partial charge in [0.1, 0.15) is 5.82 Å². The topological polar surface area (TPSA) is 61.8 Å². The molecule has 0 spiro atoms. The summed E-state index contributed by atoms with van der Waals surface area (Å²) in [7, 11) is 1.71. The zero-order valence-electron chi connectivity index (χ0n) is 16.8. The molecule has 2 heterocycles. The lowest BCUT2D eigenvalue weighted by atomic mass is 10.2. The smallest absolute Gasteiger partial charge is 0.381 e. The van der Waals surface area contributed by atoms with Crippen molar-refractivity contribution in [1.82, 2.24) is 15.6 Å². The summed E-state index contributed by atoms with van der Waals surface area (Å²) in [5.41, 5.74) is -0.842. The Morgan fingerprint density at radius 2 is 2.13 bits per heavy atom. The van der Waals surface area contributed by atoms with E-state index in [0.29, 0.717) is 24.9 Å². The highest BCUT2D eigenvalue weighted by Gasteiger charge is 2.33. The molecule has 0 bridgehead atoms. The van der Waals surface area contributed by atoms with Gasteiger partial charge in [-0.25, -0.2) is 4.98 Å². The second kappa shape index (κ2) is 11.6. The molecule has 1 aromatic heterocycles. The van der Waals surface area contributed by atoms with Crippen LogP contribution in [-0.4, -0.2) is 56.9 Å². The number of hydrogen-bond acceptors (Lipinski definition) is 4. The van der Waals surface area contributed by atoms with Crippen molar-refractivity contribution in [3.8, 4) is 0 Å². The van der Waals surface area contributed by atoms with E-state index in [9.17, 15) is 13.2 Å². The van der Waals surface area contributed by atoms with Crippen LogP contribution in [0.25, 0.3) is 0 Å². The first kappa shape index (κ1) is 25.3. The highest BCUT2D eigenvalue weighted by atomic mass is 127. The van der Waals surface area contributed by atoms with Crippen LogP contribution in [0.1, 0.15) is 31.2 Å². The van der Waals surface area contributed by atoms with Gasteiger partial charge in [-0.05, 0) is 37.7 Å². The van der Waals surface area contributed by atoms with Crippen molar-refractivity contribution in [1.29, 1.82) is 0 Å². The van der Waals surface area contributed by atoms with E-state index < -0.39 is 11.7 Å². The Morgan fingerprint density at radius 1 is 1.37 bits per heavy atom. The molecule has 3 rings (SSSR count). The number of ether oxygens (including phenoxy) is 1. The summed E-state index contributed by atoms with van der Waals surface area (Å²) < 4.78 is 44.0. The third-order valence-corrected chi connectivity index (χ3v) is 5.29. The van der Waals surface area contributed by atoms with E-state index in [4.69, 9.17) is 16.3 Å². The maximum Gasteiger partial charge on any atom is 0.417 e. The second-order valence-corrected chi connectivity index (χ2v) is 7.88. The van der Waals surface area contributed by atoms with E-state index in [1.54, 1.807) is 7.05 Å². The Morgan fingerprint density at radius 3 is 2.77 bits per heavy atom. The van der Waals surface area contributed by atoms with Crippen molar-refractivity contribution in [2.75, 3.05) is 44.8 Å². The van der Waals surface area contributed by atoms with Crippen LogP contribution in [0.4, 0.5) is 19.0 Å². The first-order valence-corrected chi connectivity index (χ1v) is 10.3. The van der Waals surface area contributed by atoms with Crippen LogP contribution in [0.15, 0.2) is 17.3 Å². The summed E-state index contributed by atoms with van der Waals surface area (Å²) in [6.45, 7) is 3.60. The van der Waals surface area contributed by atoms with E-state index >= 15 is 0 Å². The molecule has 0 radical (unpaired) electrons. The molecule has 1 unspecified atom stereocenters. The molecule has 30 heavy (non-hydrogen) atoms. The lowest BCUT2D eigenvalue weighted by Gasteiger charge is -2.21. The van der Waals surface area contributed by atoms with Gasteiger partial charge in [-0.1, -0.05) is 11.6 Å². The van der Waals surface area contributed by atoms with E-state index in [0.717, 1.165) is 50.8 Å². The first-order valence-electron chi connectivity index (χ1n) is 9.89. The van der Waals surface area contributed by atoms with E-state index in [-0.39, 0.29) is 35.0 Å². The molecular formula is C19H28ClF3IN5O. The molecule has 2 fully saturated rings. The second-order valence-electron chi connectivity index (χ2n) is 7.47. The van der Waals surface area contributed by atoms with Crippen molar-refractivity contribution >= 4 is 47.4 Å². The summed E-state index contributed by atoms with van der Waals surface area (Å²) in [6, 6.07) is 1.03. The van der Waals surface area contributed by atoms with Gasteiger partial charge in [-0.2, -0.15) is 13.2 Å². The third kappa shape index (κ3) is 7.60. The van der Waals surface area contributed by atoms with Crippen LogP contribution in [0.3, 0.4) is 0 Å². The number of rotatable bonds is 8. The molecule has 0 aromatic carbocycles. The maximum absolute atomic E-state index is 12.8. The van der Waals surface area contributed by atoms with E-state index in [2.05, 4.69) is 20.6 Å². The predicted octanol–water partition coefficient (Wildman–Crippen LogP) is 3.93. The van der Waals surface area contributed by atoms with Crippen molar-refractivity contribution in [3.63, 3.8) is 0 Å². The molecule has 1 saturated carbocycles. The summed E-state index contributed by atoms with van der Waals surface area (Å²) in [5, 5.41) is 6.62. The molecule has 1 aromatic rings. The summed E-state index contributed by atoms with van der Waals surface area (Å²) in [6.07, 6.45) is 0.666. The SMILES string of the molecule is CN=C(NCCCOCC1CC1)NC1CCN(c2ncc(C(F)(F)F)cc2Cl)C1.I. The van der Waals surface area contributed by atoms with Gasteiger partial charge in [0.05, 0.1) is 10.6 Å². The molecular weight excluding hydrogens is 534 g/mol. The standard InChI is InChI=1S/C19H27ClF3N5O.HI/c1-24-18(25-6-2-8-29-12-13-3-4-13)27-15-5-7-28(11-15)17-16(20)9-14(10-26-17)19(21,22)23;/h9-10,13,15H,2-8,11-12H2,1H3,(H2,24,25,27);1H. The molecule has 11 heteroatoms. The number of anilines is 1. The summed E-state index contributed by atoms with van der Waals surface area (Å²) in [5.74, 6) is 1.85. The summed E-state index contributed by atoms with van der Waals surface area (Å²) >= 11 is 6.06. The molecule has 6 nitrogen and oxygen atoms in total. The Hall–Kier alpha value is -1.01. The zero-order valence-corrected chi connectivity index (χ0v) is 19.9. The maximum atomic E-state index is 12.8. The van der Waals surface area contributed by atoms with Gasteiger partial charge in [-0.15, -0.1) is 24.0 Å². The number of nitrogens with zero attached hydrogens (tertiary/aromatic N) is 3. The minimum atomic E-state index is -4.45. The lowest BCUT2D eigenvalue weighted by Crippen LogP contribution is -2.45. The van der Waals surface area contributed by atoms with Gasteiger partial charge < -0.3 is 20.3 Å². The highest BCUT2D eigenvalue weighted by Crippen LogP contribution is 2.34. The minimum absolute atomic E-state index is 0. The monoisotopic (exact) mass is 561 g/mol. The average Bonchev–Trinajstić information content (AvgIpc) is 3.39. The number of hydrogen-bond donors (Lipinski definition) is 2. The Kier molecular flexibility index (Phi) is 9.73. The number of alkyl halides is 3. The highest BCUT2D eigenvalue weighted by molar-refractivity contribution is 14.0. The van der Waals surface area contributed by atoms with Crippen LogP contribution < -0.4 is 15.5 Å². The largest absolute Gasteiger partial charge is 0.417 e. The van der Waals surface area contributed by atoms with Crippen LogP contribution in [0.5, 0.6) is 0 Å². The van der Waals surface area contributed by atoms with Crippen molar-refractivity contribution < 1.29 is 17.9 Å². The number of aromatic nitrogens is 1. The van der Waals surface area contributed by atoms with Crippen LogP contribution in [-0.2, 0) is 10.9 Å². The fraction of sp³-hybridized carbons (Fsp3) is 0.684. The Bertz CT molecular complexity index is 718. The molecule has 1 atom stereocenters. The number of nitrogens with one attached hydrogen (secondary N) is 2. The molecule has 170 valence electrons. The van der Waals surface area contributed by atoms with Gasteiger partial charge in [0.15, 0.2) is 5.96 Å². The molecule has 1 saturated heterocycles.